The van der Waals surface area contributed by atoms with Crippen molar-refractivity contribution in [2.45, 2.75) is 89.7 Å². The largest absolute Gasteiger partial charge is 0.467 e. The molecule has 1 aromatic heterocycles. The van der Waals surface area contributed by atoms with Gasteiger partial charge in [0.1, 0.15) is 23.9 Å². The molecule has 12 heteroatoms. The van der Waals surface area contributed by atoms with E-state index in [1.165, 1.54) is 13.3 Å². The van der Waals surface area contributed by atoms with Gasteiger partial charge in [-0.2, -0.15) is 4.57 Å². The van der Waals surface area contributed by atoms with E-state index in [-0.39, 0.29) is 13.0 Å². The van der Waals surface area contributed by atoms with E-state index < -0.39 is 65.3 Å². The highest BCUT2D eigenvalue weighted by Crippen LogP contribution is 2.43. The third-order valence-corrected chi connectivity index (χ3v) is 6.36. The number of methoxy groups -OCH3 is 1. The first kappa shape index (κ1) is 30.4. The molecule has 0 amide bonds. The monoisotopic (exact) mass is 572 g/mol. The van der Waals surface area contributed by atoms with Crippen molar-refractivity contribution >= 4 is 12.1 Å². The average Bonchev–Trinajstić information content (AvgIpc) is 3.38. The normalized spacial score (nSPS) is 24.2. The van der Waals surface area contributed by atoms with Gasteiger partial charge in [-0.3, -0.25) is 9.36 Å². The molecule has 2 aromatic rings. The van der Waals surface area contributed by atoms with E-state index in [0.717, 1.165) is 16.2 Å². The van der Waals surface area contributed by atoms with Gasteiger partial charge in [-0.15, -0.1) is 0 Å². The Bertz CT molecular complexity index is 1390. The minimum Gasteiger partial charge on any atom is -0.467 e. The number of carbonyl (C=O) groups excluding carboxylic acids is 2. The first-order valence-corrected chi connectivity index (χ1v) is 13.3. The number of hydrogen-bond acceptors (Lipinski definition) is 10. The zero-order valence-electron chi connectivity index (χ0n) is 24.0. The Morgan fingerprint density at radius 1 is 1.07 bits per heavy atom. The van der Waals surface area contributed by atoms with Gasteiger partial charge in [-0.25, -0.2) is 14.4 Å². The van der Waals surface area contributed by atoms with E-state index in [2.05, 4.69) is 0 Å². The summed E-state index contributed by atoms with van der Waals surface area (Å²) < 4.78 is 35.8. The topological polar surface area (TPSA) is 134 Å². The fourth-order valence-corrected chi connectivity index (χ4v) is 4.62. The summed E-state index contributed by atoms with van der Waals surface area (Å²) in [5.74, 6) is -1.51. The highest BCUT2D eigenvalue weighted by Gasteiger charge is 2.55. The highest BCUT2D eigenvalue weighted by atomic mass is 16.8. The molecule has 0 aliphatic carbocycles. The molecule has 0 bridgehead atoms. The number of rotatable bonds is 8. The molecule has 1 unspecified atom stereocenters. The maximum absolute atomic E-state index is 13.3. The Hall–Kier alpha value is -3.58. The number of carbonyl (C=O) groups is 2. The average molecular weight is 573 g/mol. The molecular formula is C29H36N2O10. The molecule has 0 radical (unpaired) electrons. The van der Waals surface area contributed by atoms with Crippen molar-refractivity contribution in [1.82, 2.24) is 9.13 Å². The Labute approximate surface area is 237 Å². The maximum Gasteiger partial charge on any atom is 0.425 e. The quantitative estimate of drug-likeness (QED) is 0.343. The van der Waals surface area contributed by atoms with Crippen LogP contribution in [0.1, 0.15) is 52.8 Å². The first-order valence-electron chi connectivity index (χ1n) is 13.3. The summed E-state index contributed by atoms with van der Waals surface area (Å²) in [7, 11) is 1.29. The highest BCUT2D eigenvalue weighted by molar-refractivity contribution is 5.74. The number of esters is 1. The van der Waals surface area contributed by atoms with Crippen LogP contribution < -0.4 is 11.2 Å². The second-order valence-corrected chi connectivity index (χ2v) is 11.2. The first-order chi connectivity index (χ1) is 19.3. The van der Waals surface area contributed by atoms with Crippen LogP contribution in [-0.2, 0) is 39.8 Å². The van der Waals surface area contributed by atoms with Crippen molar-refractivity contribution in [1.29, 1.82) is 0 Å². The van der Waals surface area contributed by atoms with Crippen molar-refractivity contribution in [3.63, 3.8) is 0 Å². The summed E-state index contributed by atoms with van der Waals surface area (Å²) in [5, 5.41) is 0. The van der Waals surface area contributed by atoms with E-state index in [1.54, 1.807) is 46.8 Å². The predicted octanol–water partition coefficient (Wildman–Crippen LogP) is 2.92. The second kappa shape index (κ2) is 12.1. The van der Waals surface area contributed by atoms with E-state index >= 15 is 0 Å². The van der Waals surface area contributed by atoms with Crippen LogP contribution in [0.25, 0.3) is 0 Å². The smallest absolute Gasteiger partial charge is 0.425 e. The van der Waals surface area contributed by atoms with Crippen molar-refractivity contribution in [2.75, 3.05) is 7.11 Å². The summed E-state index contributed by atoms with van der Waals surface area (Å²) in [6.07, 6.45) is -0.169. The van der Waals surface area contributed by atoms with Crippen LogP contribution in [-0.4, -0.2) is 64.1 Å². The molecule has 3 heterocycles. The number of benzene rings is 1. The molecule has 41 heavy (non-hydrogen) atoms. The minimum absolute atomic E-state index is 0.190. The van der Waals surface area contributed by atoms with Gasteiger partial charge in [0.25, 0.3) is 5.56 Å². The molecule has 5 atom stereocenters. The van der Waals surface area contributed by atoms with Crippen LogP contribution in [0, 0.1) is 0 Å². The lowest BCUT2D eigenvalue weighted by Crippen LogP contribution is -2.47. The van der Waals surface area contributed by atoms with Gasteiger partial charge < -0.3 is 28.4 Å². The van der Waals surface area contributed by atoms with E-state index in [1.807, 2.05) is 30.3 Å². The summed E-state index contributed by atoms with van der Waals surface area (Å²) in [6.45, 7) is 8.58. The van der Waals surface area contributed by atoms with E-state index in [9.17, 15) is 19.2 Å². The molecule has 0 saturated carbocycles. The Morgan fingerprint density at radius 2 is 1.76 bits per heavy atom. The number of fused-ring (bicyclic) bond motifs is 1. The van der Waals surface area contributed by atoms with Crippen molar-refractivity contribution in [3.8, 4) is 0 Å². The van der Waals surface area contributed by atoms with Crippen LogP contribution in [0.5, 0.6) is 0 Å². The van der Waals surface area contributed by atoms with Crippen LogP contribution in [0.4, 0.5) is 4.79 Å². The van der Waals surface area contributed by atoms with Crippen molar-refractivity contribution in [2.24, 2.45) is 0 Å². The Kier molecular flexibility index (Phi) is 8.97. The Morgan fingerprint density at radius 3 is 2.41 bits per heavy atom. The number of ether oxygens (including phenoxy) is 6. The van der Waals surface area contributed by atoms with E-state index in [0.29, 0.717) is 4.57 Å². The molecule has 0 spiro atoms. The zero-order valence-corrected chi connectivity index (χ0v) is 24.0. The molecule has 2 aliphatic heterocycles. The summed E-state index contributed by atoms with van der Waals surface area (Å²) in [5.41, 5.74) is -1.78. The summed E-state index contributed by atoms with van der Waals surface area (Å²) in [6, 6.07) is 10.5. The van der Waals surface area contributed by atoms with Crippen LogP contribution in [0.2, 0.25) is 0 Å². The van der Waals surface area contributed by atoms with Crippen LogP contribution in [0.15, 0.2) is 64.3 Å². The summed E-state index contributed by atoms with van der Waals surface area (Å²) in [4.78, 5) is 50.8. The van der Waals surface area contributed by atoms with E-state index in [4.69, 9.17) is 28.4 Å². The van der Waals surface area contributed by atoms with Gasteiger partial charge in [0.2, 0.25) is 0 Å². The van der Waals surface area contributed by atoms with Crippen molar-refractivity contribution in [3.05, 3.63) is 81.1 Å². The third kappa shape index (κ3) is 7.20. The third-order valence-electron chi connectivity index (χ3n) is 6.36. The minimum atomic E-state index is -1.10. The SMILES string of the molecule is COC(=O)C(C/C=C/[C@H]1O[C@@H](n2ccc(=O)n(C(=O)OC(C)(C)C)c2=O)[C@@H]2OC(C)(C)O[C@@H]21)OCc1ccccc1. The van der Waals surface area contributed by atoms with Gasteiger partial charge >= 0.3 is 17.8 Å². The molecule has 0 N–H and O–H groups in total. The van der Waals surface area contributed by atoms with Gasteiger partial charge in [-0.1, -0.05) is 42.5 Å². The zero-order chi connectivity index (χ0) is 29.9. The number of nitrogens with zero attached hydrogens (tertiary/aromatic N) is 2. The maximum atomic E-state index is 13.3. The number of aromatic nitrogens is 2. The molecule has 12 nitrogen and oxygen atoms in total. The molecule has 2 saturated heterocycles. The van der Waals surface area contributed by atoms with Gasteiger partial charge in [-0.05, 0) is 40.2 Å². The molecule has 2 fully saturated rings. The molecule has 2 aliphatic rings. The standard InChI is InChI=1S/C29H36N2O10/c1-28(2,3)41-27(35)31-21(32)15-16-30(26(31)34)24-23-22(39-29(4,5)40-23)19(38-24)13-10-14-20(25(33)36-6)37-17-18-11-8-7-9-12-18/h7-13,15-16,19-20,22-24H,14,17H2,1-6H3/b13-10+/t19-,20?,22-,23-,24-/m1/s1. The second-order valence-electron chi connectivity index (χ2n) is 11.2. The van der Waals surface area contributed by atoms with Crippen LogP contribution in [0.3, 0.4) is 0 Å². The van der Waals surface area contributed by atoms with Crippen LogP contribution >= 0.6 is 0 Å². The lowest BCUT2D eigenvalue weighted by atomic mass is 10.1. The Balaban J connectivity index is 1.55. The fraction of sp³-hybridized carbons (Fsp3) is 0.517. The van der Waals surface area contributed by atoms with Crippen molar-refractivity contribution < 1.29 is 38.0 Å². The molecular weight excluding hydrogens is 536 g/mol. The number of hydrogen-bond donors (Lipinski definition) is 0. The van der Waals surface area contributed by atoms with Gasteiger partial charge in [0, 0.05) is 18.7 Å². The lowest BCUT2D eigenvalue weighted by Gasteiger charge is -2.25. The molecule has 4 rings (SSSR count). The fourth-order valence-electron chi connectivity index (χ4n) is 4.62. The molecule has 1 aromatic carbocycles. The summed E-state index contributed by atoms with van der Waals surface area (Å²) >= 11 is 0. The van der Waals surface area contributed by atoms with Gasteiger partial charge in [0.05, 0.1) is 13.7 Å². The van der Waals surface area contributed by atoms with Gasteiger partial charge in [0.15, 0.2) is 18.1 Å². The molecule has 222 valence electrons. The lowest BCUT2D eigenvalue weighted by molar-refractivity contribution is -0.192. The predicted molar refractivity (Wildman–Crippen MR) is 145 cm³/mol.